The molecule has 0 saturated carbocycles. The van der Waals surface area contributed by atoms with Crippen molar-refractivity contribution in [1.82, 2.24) is 19.3 Å². The number of nitrogens with zero attached hydrogens (tertiary/aromatic N) is 4. The van der Waals surface area contributed by atoms with Gasteiger partial charge in [0.1, 0.15) is 12.9 Å². The number of anilines is 1. The Balaban J connectivity index is 1.45. The molecule has 154 valence electrons. The lowest BCUT2D eigenvalue weighted by Gasteiger charge is -2.17. The first-order valence-corrected chi connectivity index (χ1v) is 10.1. The van der Waals surface area contributed by atoms with Crippen molar-refractivity contribution < 1.29 is 9.13 Å². The van der Waals surface area contributed by atoms with Crippen LogP contribution in [0.15, 0.2) is 47.4 Å². The molecule has 4 heterocycles. The molecule has 0 aliphatic carbocycles. The molecular formula is C20H19FN6O2S. The smallest absolute Gasteiger partial charge is 0.346 e. The van der Waals surface area contributed by atoms with Crippen LogP contribution in [0, 0.1) is 11.8 Å². The lowest BCUT2D eigenvalue weighted by Crippen LogP contribution is -2.26. The van der Waals surface area contributed by atoms with Crippen LogP contribution in [0.5, 0.6) is 5.88 Å². The van der Waals surface area contributed by atoms with Gasteiger partial charge in [0.05, 0.1) is 30.0 Å². The highest BCUT2D eigenvalue weighted by Crippen LogP contribution is 2.24. The highest BCUT2D eigenvalue weighted by molar-refractivity contribution is 7.12. The summed E-state index contributed by atoms with van der Waals surface area (Å²) >= 11 is 1.49. The average molecular weight is 426 g/mol. The quantitative estimate of drug-likeness (QED) is 0.601. The summed E-state index contributed by atoms with van der Waals surface area (Å²) < 4.78 is 20.8. The van der Waals surface area contributed by atoms with Crippen molar-refractivity contribution in [3.05, 3.63) is 68.4 Å². The van der Waals surface area contributed by atoms with Gasteiger partial charge < -0.3 is 15.8 Å². The third-order valence-electron chi connectivity index (χ3n) is 4.39. The largest absolute Gasteiger partial charge is 0.474 e. The number of thiophene rings is 1. The van der Waals surface area contributed by atoms with Crippen LogP contribution in [0.4, 0.5) is 10.1 Å². The number of aromatic nitrogens is 4. The first-order chi connectivity index (χ1) is 14.7. The average Bonchev–Trinajstić information content (AvgIpc) is 3.37. The number of hydrogen-bond donors (Lipinski definition) is 2. The maximum absolute atomic E-state index is 12.7. The molecule has 3 N–H and O–H groups in total. The monoisotopic (exact) mass is 426 g/mol. The normalized spacial score (nSPS) is 13.1. The van der Waals surface area contributed by atoms with Crippen molar-refractivity contribution in [3.8, 4) is 17.7 Å². The molecule has 0 aromatic carbocycles. The summed E-state index contributed by atoms with van der Waals surface area (Å²) in [5, 5.41) is 7.26. The molecule has 0 fully saturated rings. The minimum absolute atomic E-state index is 0.0333. The molecule has 0 unspecified atom stereocenters. The van der Waals surface area contributed by atoms with Crippen molar-refractivity contribution in [1.29, 1.82) is 0 Å². The van der Waals surface area contributed by atoms with E-state index in [1.165, 1.54) is 26.9 Å². The van der Waals surface area contributed by atoms with E-state index in [2.05, 4.69) is 27.2 Å². The molecular weight excluding hydrogens is 407 g/mol. The van der Waals surface area contributed by atoms with E-state index in [4.69, 9.17) is 10.5 Å². The fourth-order valence-corrected chi connectivity index (χ4v) is 3.71. The molecule has 4 rings (SSSR count). The summed E-state index contributed by atoms with van der Waals surface area (Å²) in [6.07, 6.45) is 3.53. The van der Waals surface area contributed by atoms with Gasteiger partial charge in [0.25, 0.3) is 0 Å². The van der Waals surface area contributed by atoms with E-state index in [0.29, 0.717) is 30.9 Å². The second kappa shape index (κ2) is 8.94. The van der Waals surface area contributed by atoms with Crippen LogP contribution in [0.25, 0.3) is 0 Å². The Bertz CT molecular complexity index is 1200. The molecule has 0 radical (unpaired) electrons. The standard InChI is InChI=1S/C20H19FN6O2S/c21-8-15(9-22)11-27-20(28)26(13-25-27)12-17-4-3-16(30-17)2-1-14-7-18-19(24-10-14)29-6-5-23-18/h3-4,7-8,10,13,23H,5-6,9,11-12,22H2/b15-8+. The molecule has 8 nitrogen and oxygen atoms in total. The van der Waals surface area contributed by atoms with Gasteiger partial charge in [-0.3, -0.25) is 4.57 Å². The summed E-state index contributed by atoms with van der Waals surface area (Å²) in [7, 11) is 0. The highest BCUT2D eigenvalue weighted by Gasteiger charge is 2.11. The molecule has 3 aromatic rings. The first kappa shape index (κ1) is 19.9. The fourth-order valence-electron chi connectivity index (χ4n) is 2.85. The molecule has 0 spiro atoms. The van der Waals surface area contributed by atoms with Gasteiger partial charge in [-0.25, -0.2) is 18.9 Å². The van der Waals surface area contributed by atoms with Crippen LogP contribution in [0.3, 0.4) is 0 Å². The zero-order valence-corrected chi connectivity index (χ0v) is 16.8. The molecule has 0 bridgehead atoms. The van der Waals surface area contributed by atoms with Gasteiger partial charge >= 0.3 is 5.69 Å². The fraction of sp³-hybridized carbons (Fsp3) is 0.250. The third kappa shape index (κ3) is 4.42. The maximum atomic E-state index is 12.7. The number of pyridine rings is 1. The molecule has 1 aliphatic rings. The summed E-state index contributed by atoms with van der Waals surface area (Å²) in [5.74, 6) is 6.82. The van der Waals surface area contributed by atoms with E-state index in [9.17, 15) is 9.18 Å². The molecule has 1 aliphatic heterocycles. The van der Waals surface area contributed by atoms with E-state index < -0.39 is 0 Å². The van der Waals surface area contributed by atoms with Gasteiger partial charge in [-0.1, -0.05) is 11.8 Å². The topological polar surface area (TPSA) is 100.0 Å². The Hall–Kier alpha value is -3.42. The number of rotatable bonds is 5. The predicted molar refractivity (Wildman–Crippen MR) is 112 cm³/mol. The molecule has 0 atom stereocenters. The van der Waals surface area contributed by atoms with Crippen LogP contribution in [0.2, 0.25) is 0 Å². The SMILES string of the molecule is NC/C(=C\F)Cn1ncn(Cc2ccc(C#Cc3cnc4c(c3)NCCO4)s2)c1=O. The number of hydrogen-bond acceptors (Lipinski definition) is 7. The zero-order chi connectivity index (χ0) is 20.9. The molecule has 30 heavy (non-hydrogen) atoms. The van der Waals surface area contributed by atoms with E-state index in [-0.39, 0.29) is 18.8 Å². The Kier molecular flexibility index (Phi) is 5.92. The Morgan fingerprint density at radius 2 is 2.33 bits per heavy atom. The van der Waals surface area contributed by atoms with Crippen LogP contribution in [-0.2, 0) is 13.1 Å². The van der Waals surface area contributed by atoms with Crippen molar-refractivity contribution >= 4 is 17.0 Å². The molecule has 3 aromatic heterocycles. The Labute approximate surface area is 175 Å². The van der Waals surface area contributed by atoms with Gasteiger partial charge in [0, 0.05) is 29.7 Å². The lowest BCUT2D eigenvalue weighted by molar-refractivity contribution is 0.310. The van der Waals surface area contributed by atoms with Gasteiger partial charge in [0.15, 0.2) is 0 Å². The summed E-state index contributed by atoms with van der Waals surface area (Å²) in [5.41, 5.74) is 7.05. The van der Waals surface area contributed by atoms with Gasteiger partial charge in [-0.15, -0.1) is 11.3 Å². The zero-order valence-electron chi connectivity index (χ0n) is 16.0. The minimum Gasteiger partial charge on any atom is -0.474 e. The van der Waals surface area contributed by atoms with Gasteiger partial charge in [0.2, 0.25) is 5.88 Å². The number of nitrogens with one attached hydrogen (secondary N) is 1. The number of fused-ring (bicyclic) bond motifs is 1. The Morgan fingerprint density at radius 1 is 1.43 bits per heavy atom. The number of ether oxygens (including phenoxy) is 1. The van der Waals surface area contributed by atoms with Crippen molar-refractivity contribution in [2.45, 2.75) is 13.1 Å². The van der Waals surface area contributed by atoms with Gasteiger partial charge in [-0.05, 0) is 23.8 Å². The van der Waals surface area contributed by atoms with Crippen molar-refractivity contribution in [2.75, 3.05) is 25.0 Å². The van der Waals surface area contributed by atoms with Crippen molar-refractivity contribution in [3.63, 3.8) is 0 Å². The van der Waals surface area contributed by atoms with Gasteiger partial charge in [-0.2, -0.15) is 5.10 Å². The second-order valence-corrected chi connectivity index (χ2v) is 7.71. The summed E-state index contributed by atoms with van der Waals surface area (Å²) in [6, 6.07) is 5.75. The van der Waals surface area contributed by atoms with Crippen LogP contribution >= 0.6 is 11.3 Å². The van der Waals surface area contributed by atoms with Crippen LogP contribution in [0.1, 0.15) is 15.3 Å². The number of halogens is 1. The highest BCUT2D eigenvalue weighted by atomic mass is 32.1. The maximum Gasteiger partial charge on any atom is 0.346 e. The van der Waals surface area contributed by atoms with Crippen LogP contribution in [-0.4, -0.2) is 39.0 Å². The summed E-state index contributed by atoms with van der Waals surface area (Å²) in [6.45, 7) is 1.78. The number of nitrogens with two attached hydrogens (primary N) is 1. The molecule has 0 amide bonds. The van der Waals surface area contributed by atoms with E-state index >= 15 is 0 Å². The Morgan fingerprint density at radius 3 is 3.17 bits per heavy atom. The second-order valence-electron chi connectivity index (χ2n) is 6.54. The van der Waals surface area contributed by atoms with E-state index in [0.717, 1.165) is 27.5 Å². The molecule has 10 heteroatoms. The van der Waals surface area contributed by atoms with E-state index in [1.54, 1.807) is 6.20 Å². The predicted octanol–water partition coefficient (Wildman–Crippen LogP) is 1.57. The minimum atomic E-state index is -0.321. The lowest BCUT2D eigenvalue weighted by atomic mass is 10.2. The van der Waals surface area contributed by atoms with E-state index in [1.807, 2.05) is 18.2 Å². The van der Waals surface area contributed by atoms with Crippen molar-refractivity contribution in [2.24, 2.45) is 5.73 Å². The van der Waals surface area contributed by atoms with Crippen LogP contribution < -0.4 is 21.5 Å². The summed E-state index contributed by atoms with van der Waals surface area (Å²) in [4.78, 5) is 18.5. The first-order valence-electron chi connectivity index (χ1n) is 9.24. The molecule has 0 saturated heterocycles. The third-order valence-corrected chi connectivity index (χ3v) is 5.38.